The molecule has 2 N–H and O–H groups in total. The first-order chi connectivity index (χ1) is 9.11. The molecular formula is C14H18IN3O. The highest BCUT2D eigenvalue weighted by atomic mass is 127. The standard InChI is InChI=1S/C14H18IN3O/c1-3-8-19-12-6-4-11(5-7-12)9-18-14(16)13(15)10(2)17-18/h4-7H,3,8-9,16H2,1-2H3. The molecule has 0 saturated heterocycles. The minimum absolute atomic E-state index is 0.684. The van der Waals surface area contributed by atoms with Crippen LogP contribution in [-0.4, -0.2) is 16.4 Å². The molecule has 1 aromatic carbocycles. The Labute approximate surface area is 127 Å². The third-order valence-electron chi connectivity index (χ3n) is 2.82. The fourth-order valence-corrected chi connectivity index (χ4v) is 2.17. The molecule has 0 bridgehead atoms. The smallest absolute Gasteiger partial charge is 0.135 e. The molecule has 5 heteroatoms. The summed E-state index contributed by atoms with van der Waals surface area (Å²) in [4.78, 5) is 0. The molecule has 0 aliphatic heterocycles. The van der Waals surface area contributed by atoms with E-state index in [1.165, 1.54) is 0 Å². The van der Waals surface area contributed by atoms with Gasteiger partial charge in [0.1, 0.15) is 11.6 Å². The van der Waals surface area contributed by atoms with Crippen LogP contribution in [0, 0.1) is 10.5 Å². The topological polar surface area (TPSA) is 53.1 Å². The molecule has 1 aromatic heterocycles. The van der Waals surface area contributed by atoms with Gasteiger partial charge < -0.3 is 10.5 Å². The molecular weight excluding hydrogens is 353 g/mol. The van der Waals surface area contributed by atoms with Gasteiger partial charge in [-0.1, -0.05) is 19.1 Å². The fraction of sp³-hybridized carbons (Fsp3) is 0.357. The van der Waals surface area contributed by atoms with E-state index in [1.54, 1.807) is 0 Å². The molecule has 0 aliphatic rings. The van der Waals surface area contributed by atoms with E-state index in [0.717, 1.165) is 39.4 Å². The lowest BCUT2D eigenvalue weighted by atomic mass is 10.2. The van der Waals surface area contributed by atoms with Gasteiger partial charge in [0.2, 0.25) is 0 Å². The van der Waals surface area contributed by atoms with Crippen LogP contribution in [0.2, 0.25) is 0 Å². The van der Waals surface area contributed by atoms with Gasteiger partial charge >= 0.3 is 0 Å². The second kappa shape index (κ2) is 6.27. The first-order valence-corrected chi connectivity index (χ1v) is 7.39. The van der Waals surface area contributed by atoms with Crippen LogP contribution < -0.4 is 10.5 Å². The van der Waals surface area contributed by atoms with Crippen molar-refractivity contribution >= 4 is 28.4 Å². The van der Waals surface area contributed by atoms with Crippen LogP contribution in [0.4, 0.5) is 5.82 Å². The highest BCUT2D eigenvalue weighted by molar-refractivity contribution is 14.1. The summed E-state index contributed by atoms with van der Waals surface area (Å²) in [5, 5.41) is 4.43. The molecule has 0 spiro atoms. The fourth-order valence-electron chi connectivity index (χ4n) is 1.78. The quantitative estimate of drug-likeness (QED) is 0.822. The average Bonchev–Trinajstić information content (AvgIpc) is 2.66. The molecule has 1 heterocycles. The molecule has 102 valence electrons. The number of halogens is 1. The van der Waals surface area contributed by atoms with Crippen LogP contribution in [0.15, 0.2) is 24.3 Å². The third-order valence-corrected chi connectivity index (χ3v) is 4.15. The van der Waals surface area contributed by atoms with Gasteiger partial charge in [-0.3, -0.25) is 0 Å². The Morgan fingerprint density at radius 3 is 2.53 bits per heavy atom. The van der Waals surface area contributed by atoms with Gasteiger partial charge in [0.05, 0.1) is 22.4 Å². The van der Waals surface area contributed by atoms with Crippen LogP contribution >= 0.6 is 22.6 Å². The Morgan fingerprint density at radius 1 is 1.32 bits per heavy atom. The molecule has 0 aliphatic carbocycles. The maximum absolute atomic E-state index is 6.02. The molecule has 0 amide bonds. The molecule has 0 unspecified atom stereocenters. The molecule has 2 rings (SSSR count). The number of aromatic nitrogens is 2. The van der Waals surface area contributed by atoms with Gasteiger partial charge in [0.25, 0.3) is 0 Å². The van der Waals surface area contributed by atoms with E-state index in [4.69, 9.17) is 10.5 Å². The summed E-state index contributed by atoms with van der Waals surface area (Å²) in [6, 6.07) is 8.08. The number of benzene rings is 1. The van der Waals surface area contributed by atoms with E-state index in [-0.39, 0.29) is 0 Å². The van der Waals surface area contributed by atoms with Crippen molar-refractivity contribution in [3.8, 4) is 5.75 Å². The number of nitrogens with zero attached hydrogens (tertiary/aromatic N) is 2. The van der Waals surface area contributed by atoms with Crippen molar-refractivity contribution in [2.24, 2.45) is 0 Å². The number of hydrogen-bond acceptors (Lipinski definition) is 3. The van der Waals surface area contributed by atoms with Crippen LogP contribution in [0.1, 0.15) is 24.6 Å². The van der Waals surface area contributed by atoms with Crippen molar-refractivity contribution in [1.82, 2.24) is 9.78 Å². The summed E-state index contributed by atoms with van der Waals surface area (Å²) in [6.45, 7) is 5.50. The maximum atomic E-state index is 6.02. The largest absolute Gasteiger partial charge is 0.494 e. The zero-order valence-corrected chi connectivity index (χ0v) is 13.3. The lowest BCUT2D eigenvalue weighted by Gasteiger charge is -2.07. The van der Waals surface area contributed by atoms with E-state index in [2.05, 4.69) is 34.6 Å². The predicted octanol–water partition coefficient (Wildman–Crippen LogP) is 3.22. The number of nitrogens with two attached hydrogens (primary N) is 1. The van der Waals surface area contributed by atoms with Gasteiger partial charge in [-0.15, -0.1) is 0 Å². The van der Waals surface area contributed by atoms with Gasteiger partial charge in [-0.2, -0.15) is 5.10 Å². The number of ether oxygens (including phenoxy) is 1. The van der Waals surface area contributed by atoms with E-state index >= 15 is 0 Å². The van der Waals surface area contributed by atoms with Gasteiger partial charge in [0.15, 0.2) is 0 Å². The second-order valence-corrected chi connectivity index (χ2v) is 5.51. The van der Waals surface area contributed by atoms with Crippen molar-refractivity contribution in [1.29, 1.82) is 0 Å². The first-order valence-electron chi connectivity index (χ1n) is 6.32. The SMILES string of the molecule is CCCOc1ccc(Cn2nc(C)c(I)c2N)cc1. The molecule has 2 aromatic rings. The summed E-state index contributed by atoms with van der Waals surface area (Å²) < 4.78 is 8.42. The summed E-state index contributed by atoms with van der Waals surface area (Å²) in [5.74, 6) is 1.63. The van der Waals surface area contributed by atoms with Crippen LogP contribution in [-0.2, 0) is 6.54 Å². The highest BCUT2D eigenvalue weighted by Gasteiger charge is 2.09. The minimum atomic E-state index is 0.684. The Kier molecular flexibility index (Phi) is 4.68. The number of hydrogen-bond donors (Lipinski definition) is 1. The molecule has 19 heavy (non-hydrogen) atoms. The predicted molar refractivity (Wildman–Crippen MR) is 85.4 cm³/mol. The first kappa shape index (κ1) is 14.2. The van der Waals surface area contributed by atoms with Gasteiger partial charge in [0, 0.05) is 0 Å². The molecule has 0 atom stereocenters. The van der Waals surface area contributed by atoms with Crippen molar-refractivity contribution in [3.05, 3.63) is 39.1 Å². The highest BCUT2D eigenvalue weighted by Crippen LogP contribution is 2.20. The zero-order chi connectivity index (χ0) is 13.8. The number of anilines is 1. The Balaban J connectivity index is 2.08. The molecule has 4 nitrogen and oxygen atoms in total. The van der Waals surface area contributed by atoms with Crippen LogP contribution in [0.5, 0.6) is 5.75 Å². The Bertz CT molecular complexity index is 549. The van der Waals surface area contributed by atoms with Crippen LogP contribution in [0.25, 0.3) is 0 Å². The lowest BCUT2D eigenvalue weighted by Crippen LogP contribution is -2.06. The van der Waals surface area contributed by atoms with E-state index in [0.29, 0.717) is 6.54 Å². The molecule has 0 radical (unpaired) electrons. The Morgan fingerprint density at radius 2 is 2.00 bits per heavy atom. The molecule has 0 fully saturated rings. The van der Waals surface area contributed by atoms with E-state index < -0.39 is 0 Å². The number of nitrogen functional groups attached to an aromatic ring is 1. The summed E-state index contributed by atoms with van der Waals surface area (Å²) in [7, 11) is 0. The van der Waals surface area contributed by atoms with E-state index in [1.807, 2.05) is 35.9 Å². The molecule has 0 saturated carbocycles. The zero-order valence-electron chi connectivity index (χ0n) is 11.2. The van der Waals surface area contributed by atoms with E-state index in [9.17, 15) is 0 Å². The second-order valence-electron chi connectivity index (χ2n) is 4.43. The monoisotopic (exact) mass is 371 g/mol. The summed E-state index contributed by atoms with van der Waals surface area (Å²) >= 11 is 2.22. The van der Waals surface area contributed by atoms with Crippen molar-refractivity contribution in [2.75, 3.05) is 12.3 Å². The lowest BCUT2D eigenvalue weighted by molar-refractivity contribution is 0.317. The summed E-state index contributed by atoms with van der Waals surface area (Å²) in [5.41, 5.74) is 8.15. The summed E-state index contributed by atoms with van der Waals surface area (Å²) in [6.07, 6.45) is 1.02. The van der Waals surface area contributed by atoms with Crippen molar-refractivity contribution < 1.29 is 4.74 Å². The normalized spacial score (nSPS) is 10.7. The van der Waals surface area contributed by atoms with Crippen LogP contribution in [0.3, 0.4) is 0 Å². The number of rotatable bonds is 5. The third kappa shape index (κ3) is 3.40. The van der Waals surface area contributed by atoms with Crippen molar-refractivity contribution in [2.45, 2.75) is 26.8 Å². The van der Waals surface area contributed by atoms with Gasteiger partial charge in [-0.25, -0.2) is 4.68 Å². The average molecular weight is 371 g/mol. The van der Waals surface area contributed by atoms with Crippen molar-refractivity contribution in [3.63, 3.8) is 0 Å². The van der Waals surface area contributed by atoms with Gasteiger partial charge in [-0.05, 0) is 53.6 Å². The number of aryl methyl sites for hydroxylation is 1. The Hall–Kier alpha value is -1.24. The minimum Gasteiger partial charge on any atom is -0.494 e. The maximum Gasteiger partial charge on any atom is 0.135 e.